The van der Waals surface area contributed by atoms with Crippen LogP contribution in [0.25, 0.3) is 16.6 Å². The second-order valence-corrected chi connectivity index (χ2v) is 6.61. The number of carboxylic acid groups (broad SMARTS) is 1. The van der Waals surface area contributed by atoms with Crippen molar-refractivity contribution < 1.29 is 19.1 Å². The van der Waals surface area contributed by atoms with Gasteiger partial charge in [-0.05, 0) is 42.5 Å². The van der Waals surface area contributed by atoms with Crippen molar-refractivity contribution in [3.05, 3.63) is 100 Å². The lowest BCUT2D eigenvalue weighted by molar-refractivity contribution is 0.0696. The van der Waals surface area contributed by atoms with Crippen molar-refractivity contribution in [1.82, 2.24) is 4.57 Å². The van der Waals surface area contributed by atoms with Crippen molar-refractivity contribution in [2.45, 2.75) is 0 Å². The Morgan fingerprint density at radius 3 is 2.32 bits per heavy atom. The van der Waals surface area contributed by atoms with Crippen LogP contribution in [0.2, 0.25) is 5.02 Å². The van der Waals surface area contributed by atoms with Gasteiger partial charge >= 0.3 is 5.97 Å². The molecule has 3 aromatic carbocycles. The summed E-state index contributed by atoms with van der Waals surface area (Å²) in [4.78, 5) is 24.2. The summed E-state index contributed by atoms with van der Waals surface area (Å²) in [6.45, 7) is 0. The van der Waals surface area contributed by atoms with Gasteiger partial charge < -0.3 is 9.67 Å². The molecular weight excluding hydrogens is 381 g/mol. The van der Waals surface area contributed by atoms with Gasteiger partial charge in [0.25, 0.3) is 0 Å². The number of aromatic nitrogens is 1. The Labute approximate surface area is 164 Å². The number of carbonyl (C=O) groups excluding carboxylic acids is 1. The molecule has 28 heavy (non-hydrogen) atoms. The van der Waals surface area contributed by atoms with Crippen molar-refractivity contribution in [2.75, 3.05) is 0 Å². The Hall–Kier alpha value is -3.44. The van der Waals surface area contributed by atoms with Crippen molar-refractivity contribution in [3.63, 3.8) is 0 Å². The average Bonchev–Trinajstić information content (AvgIpc) is 3.07. The Kier molecular flexibility index (Phi) is 4.45. The van der Waals surface area contributed by atoms with Crippen LogP contribution in [-0.2, 0) is 0 Å². The van der Waals surface area contributed by atoms with E-state index in [0.29, 0.717) is 16.6 Å². The molecule has 0 atom stereocenters. The normalized spacial score (nSPS) is 10.9. The van der Waals surface area contributed by atoms with E-state index in [0.717, 1.165) is 5.52 Å². The molecule has 0 unspecified atom stereocenters. The minimum atomic E-state index is -1.02. The fourth-order valence-corrected chi connectivity index (χ4v) is 3.44. The van der Waals surface area contributed by atoms with Gasteiger partial charge in [0.2, 0.25) is 0 Å². The number of hydrogen-bond donors (Lipinski definition) is 1. The van der Waals surface area contributed by atoms with Gasteiger partial charge in [0, 0.05) is 22.8 Å². The van der Waals surface area contributed by atoms with E-state index in [-0.39, 0.29) is 16.1 Å². The molecule has 0 aliphatic heterocycles. The minimum absolute atomic E-state index is 0.0487. The number of carbonyl (C=O) groups is 2. The molecule has 1 N–H and O–H groups in total. The standard InChI is InChI=1S/C22H13ClFNO3/c23-17-5-3-6-18(24)20(17)21(26)16-12-25(19-7-2-1-4-15(16)19)14-10-8-13(9-11-14)22(27)28/h1-12H,(H,27,28). The van der Waals surface area contributed by atoms with Gasteiger partial charge in [-0.3, -0.25) is 4.79 Å². The van der Waals surface area contributed by atoms with E-state index in [1.165, 1.54) is 30.3 Å². The highest BCUT2D eigenvalue weighted by atomic mass is 35.5. The van der Waals surface area contributed by atoms with E-state index < -0.39 is 17.6 Å². The van der Waals surface area contributed by atoms with Crippen LogP contribution >= 0.6 is 11.6 Å². The summed E-state index contributed by atoms with van der Waals surface area (Å²) in [5.41, 5.74) is 1.72. The Bertz CT molecular complexity index is 1210. The number of nitrogens with zero attached hydrogens (tertiary/aromatic N) is 1. The van der Waals surface area contributed by atoms with Crippen LogP contribution in [0.5, 0.6) is 0 Å². The first-order chi connectivity index (χ1) is 13.5. The smallest absolute Gasteiger partial charge is 0.335 e. The van der Waals surface area contributed by atoms with E-state index in [2.05, 4.69) is 0 Å². The molecule has 4 aromatic rings. The molecule has 0 bridgehead atoms. The molecule has 4 rings (SSSR count). The predicted molar refractivity (Wildman–Crippen MR) is 105 cm³/mol. The van der Waals surface area contributed by atoms with E-state index in [9.17, 15) is 14.0 Å². The van der Waals surface area contributed by atoms with Crippen LogP contribution in [0, 0.1) is 5.82 Å². The molecule has 6 heteroatoms. The van der Waals surface area contributed by atoms with Gasteiger partial charge in [-0.15, -0.1) is 0 Å². The van der Waals surface area contributed by atoms with Crippen molar-refractivity contribution >= 4 is 34.3 Å². The van der Waals surface area contributed by atoms with E-state index in [1.54, 1.807) is 35.0 Å². The maximum absolute atomic E-state index is 14.3. The topological polar surface area (TPSA) is 59.3 Å². The van der Waals surface area contributed by atoms with Crippen LogP contribution in [-0.4, -0.2) is 21.4 Å². The maximum Gasteiger partial charge on any atom is 0.335 e. The predicted octanol–water partition coefficient (Wildman–Crippen LogP) is 5.35. The summed E-state index contributed by atoms with van der Waals surface area (Å²) in [6.07, 6.45) is 1.62. The number of para-hydroxylation sites is 1. The Balaban J connectivity index is 1.90. The molecule has 0 saturated carbocycles. The zero-order valence-corrected chi connectivity index (χ0v) is 15.2. The fraction of sp³-hybridized carbons (Fsp3) is 0. The first-order valence-corrected chi connectivity index (χ1v) is 8.77. The summed E-state index contributed by atoms with van der Waals surface area (Å²) in [7, 11) is 0. The van der Waals surface area contributed by atoms with Crippen LogP contribution in [0.3, 0.4) is 0 Å². The zero-order chi connectivity index (χ0) is 19.8. The zero-order valence-electron chi connectivity index (χ0n) is 14.4. The Morgan fingerprint density at radius 1 is 0.929 bits per heavy atom. The molecule has 0 spiro atoms. The van der Waals surface area contributed by atoms with Gasteiger partial charge in [0.1, 0.15) is 5.82 Å². The third-order valence-electron chi connectivity index (χ3n) is 4.54. The largest absolute Gasteiger partial charge is 0.478 e. The summed E-state index contributed by atoms with van der Waals surface area (Å²) < 4.78 is 16.0. The highest BCUT2D eigenvalue weighted by molar-refractivity contribution is 6.35. The molecule has 0 amide bonds. The van der Waals surface area contributed by atoms with Crippen LogP contribution in [0.4, 0.5) is 4.39 Å². The molecule has 0 aliphatic carbocycles. The van der Waals surface area contributed by atoms with E-state index in [1.807, 2.05) is 12.1 Å². The van der Waals surface area contributed by atoms with Crippen LogP contribution < -0.4 is 0 Å². The van der Waals surface area contributed by atoms with Gasteiger partial charge in [-0.25, -0.2) is 9.18 Å². The lowest BCUT2D eigenvalue weighted by Gasteiger charge is -2.05. The van der Waals surface area contributed by atoms with Crippen molar-refractivity contribution in [3.8, 4) is 5.69 Å². The van der Waals surface area contributed by atoms with Gasteiger partial charge in [0.05, 0.1) is 21.7 Å². The number of rotatable bonds is 4. The molecule has 4 nitrogen and oxygen atoms in total. The highest BCUT2D eigenvalue weighted by Crippen LogP contribution is 2.30. The monoisotopic (exact) mass is 393 g/mol. The lowest BCUT2D eigenvalue weighted by Crippen LogP contribution is -2.05. The number of aromatic carboxylic acids is 1. The maximum atomic E-state index is 14.3. The Morgan fingerprint density at radius 2 is 1.64 bits per heavy atom. The molecule has 0 aliphatic rings. The number of benzene rings is 3. The quantitative estimate of drug-likeness (QED) is 0.475. The molecule has 0 radical (unpaired) electrons. The summed E-state index contributed by atoms with van der Waals surface area (Å²) in [5.74, 6) is -2.21. The summed E-state index contributed by atoms with van der Waals surface area (Å²) >= 11 is 6.07. The minimum Gasteiger partial charge on any atom is -0.478 e. The summed E-state index contributed by atoms with van der Waals surface area (Å²) in [6, 6.07) is 17.6. The number of hydrogen-bond acceptors (Lipinski definition) is 2. The second kappa shape index (κ2) is 6.94. The van der Waals surface area contributed by atoms with Crippen molar-refractivity contribution in [2.24, 2.45) is 0 Å². The van der Waals surface area contributed by atoms with Crippen LogP contribution in [0.1, 0.15) is 26.3 Å². The summed E-state index contributed by atoms with van der Waals surface area (Å²) in [5, 5.41) is 9.77. The van der Waals surface area contributed by atoms with Crippen molar-refractivity contribution in [1.29, 1.82) is 0 Å². The molecular formula is C22H13ClFNO3. The number of carboxylic acids is 1. The van der Waals surface area contributed by atoms with E-state index >= 15 is 0 Å². The lowest BCUT2D eigenvalue weighted by atomic mass is 10.0. The number of fused-ring (bicyclic) bond motifs is 1. The highest BCUT2D eigenvalue weighted by Gasteiger charge is 2.22. The molecule has 1 aromatic heterocycles. The molecule has 1 heterocycles. The first-order valence-electron chi connectivity index (χ1n) is 8.40. The third kappa shape index (κ3) is 2.96. The first kappa shape index (κ1) is 17.9. The molecule has 138 valence electrons. The third-order valence-corrected chi connectivity index (χ3v) is 4.85. The van der Waals surface area contributed by atoms with E-state index in [4.69, 9.17) is 16.7 Å². The van der Waals surface area contributed by atoms with Gasteiger partial charge in [-0.1, -0.05) is 35.9 Å². The fourth-order valence-electron chi connectivity index (χ4n) is 3.19. The average molecular weight is 394 g/mol. The molecule has 0 saturated heterocycles. The number of ketones is 1. The van der Waals surface area contributed by atoms with Crippen LogP contribution in [0.15, 0.2) is 72.9 Å². The SMILES string of the molecule is O=C(O)c1ccc(-n2cc(C(=O)c3c(F)cccc3Cl)c3ccccc32)cc1. The van der Waals surface area contributed by atoms with Gasteiger partial charge in [0.15, 0.2) is 5.78 Å². The number of halogens is 2. The molecule has 0 fully saturated rings. The second-order valence-electron chi connectivity index (χ2n) is 6.21. The van der Waals surface area contributed by atoms with Gasteiger partial charge in [-0.2, -0.15) is 0 Å².